The highest BCUT2D eigenvalue weighted by Gasteiger charge is 1.98. The maximum atomic E-state index is 10.0. The average Bonchev–Trinajstić information content (AvgIpc) is 2.34. The first-order chi connectivity index (χ1) is 4.79. The van der Waals surface area contributed by atoms with Crippen molar-refractivity contribution in [2.45, 2.75) is 6.61 Å². The Balaban J connectivity index is 2.35. The summed E-state index contributed by atoms with van der Waals surface area (Å²) in [6.07, 6.45) is 1.87. The first-order valence-electron chi connectivity index (χ1n) is 2.58. The Hall–Kier alpha value is -1.52. The number of ether oxygens (including phenoxy) is 1. The maximum absolute atomic E-state index is 10.0. The van der Waals surface area contributed by atoms with E-state index in [1.807, 2.05) is 0 Å². The zero-order valence-electron chi connectivity index (χ0n) is 5.11. The van der Waals surface area contributed by atoms with E-state index in [0.717, 1.165) is 0 Å². The molecule has 0 aromatic carbocycles. The monoisotopic (exact) mass is 142 g/mol. The highest BCUT2D eigenvalue weighted by molar-refractivity contribution is 5.64. The van der Waals surface area contributed by atoms with Crippen molar-refractivity contribution in [3.05, 3.63) is 18.4 Å². The Morgan fingerprint density at radius 2 is 2.70 bits per heavy atom. The van der Waals surface area contributed by atoms with Gasteiger partial charge in [-0.05, 0) is 0 Å². The van der Waals surface area contributed by atoms with E-state index in [-0.39, 0.29) is 6.61 Å². The van der Waals surface area contributed by atoms with Crippen molar-refractivity contribution < 1.29 is 13.9 Å². The van der Waals surface area contributed by atoms with Crippen molar-refractivity contribution in [1.82, 2.24) is 4.98 Å². The third-order valence-electron chi connectivity index (χ3n) is 0.840. The lowest BCUT2D eigenvalue weighted by molar-refractivity contribution is 0.141. The Bertz CT molecular complexity index is 207. The summed E-state index contributed by atoms with van der Waals surface area (Å²) in [6.45, 7) is 0.0370. The molecule has 0 spiro atoms. The molecule has 1 aromatic rings. The number of nitrogens with two attached hydrogens (primary N) is 1. The summed E-state index contributed by atoms with van der Waals surface area (Å²) in [5.41, 5.74) is 4.69. The molecule has 1 heterocycles. The lowest BCUT2D eigenvalue weighted by atomic mass is 10.6. The minimum atomic E-state index is -0.823. The van der Waals surface area contributed by atoms with Crippen LogP contribution in [-0.2, 0) is 11.3 Å². The number of nitrogens with zero attached hydrogens (tertiary/aromatic N) is 1. The molecule has 0 aliphatic carbocycles. The van der Waals surface area contributed by atoms with E-state index in [0.29, 0.717) is 5.76 Å². The van der Waals surface area contributed by atoms with Crippen LogP contribution in [0.5, 0.6) is 0 Å². The molecule has 10 heavy (non-hydrogen) atoms. The number of rotatable bonds is 2. The molecule has 1 aromatic heterocycles. The molecule has 0 fully saturated rings. The summed E-state index contributed by atoms with van der Waals surface area (Å²) >= 11 is 0. The Morgan fingerprint density at radius 1 is 1.90 bits per heavy atom. The maximum Gasteiger partial charge on any atom is 0.404 e. The minimum Gasteiger partial charge on any atom is -0.445 e. The molecule has 0 atom stereocenters. The van der Waals surface area contributed by atoms with E-state index in [4.69, 9.17) is 4.42 Å². The van der Waals surface area contributed by atoms with Gasteiger partial charge in [0.2, 0.25) is 0 Å². The van der Waals surface area contributed by atoms with Gasteiger partial charge >= 0.3 is 6.09 Å². The van der Waals surface area contributed by atoms with E-state index in [9.17, 15) is 4.79 Å². The van der Waals surface area contributed by atoms with Gasteiger partial charge in [-0.2, -0.15) is 0 Å². The summed E-state index contributed by atoms with van der Waals surface area (Å²) < 4.78 is 9.13. The fraction of sp³-hybridized carbons (Fsp3) is 0.200. The van der Waals surface area contributed by atoms with Crippen molar-refractivity contribution in [3.63, 3.8) is 0 Å². The number of carbonyl (C=O) groups is 1. The van der Waals surface area contributed by atoms with Gasteiger partial charge in [-0.3, -0.25) is 0 Å². The molecular formula is C5H6N2O3. The SMILES string of the molecule is NC(=O)OCc1cnco1. The predicted molar refractivity (Wildman–Crippen MR) is 30.9 cm³/mol. The Kier molecular flexibility index (Phi) is 1.89. The van der Waals surface area contributed by atoms with Crippen molar-refractivity contribution in [1.29, 1.82) is 0 Å². The van der Waals surface area contributed by atoms with Crippen LogP contribution in [-0.4, -0.2) is 11.1 Å². The molecule has 0 aliphatic heterocycles. The molecule has 1 amide bonds. The van der Waals surface area contributed by atoms with Crippen LogP contribution in [0.3, 0.4) is 0 Å². The standard InChI is InChI=1S/C5H6N2O3/c6-5(8)9-2-4-1-7-3-10-4/h1,3H,2H2,(H2,6,8). The summed E-state index contributed by atoms with van der Waals surface area (Å²) in [4.78, 5) is 13.6. The number of oxazole rings is 1. The molecule has 0 bridgehead atoms. The summed E-state index contributed by atoms with van der Waals surface area (Å²) in [5, 5.41) is 0. The van der Waals surface area contributed by atoms with Crippen LogP contribution >= 0.6 is 0 Å². The lowest BCUT2D eigenvalue weighted by Crippen LogP contribution is -2.12. The normalized spacial score (nSPS) is 9.20. The number of carbonyl (C=O) groups excluding carboxylic acids is 1. The van der Waals surface area contributed by atoms with E-state index >= 15 is 0 Å². The minimum absolute atomic E-state index is 0.0370. The van der Waals surface area contributed by atoms with Crippen molar-refractivity contribution in [2.24, 2.45) is 5.73 Å². The van der Waals surface area contributed by atoms with Gasteiger partial charge < -0.3 is 14.9 Å². The second-order valence-electron chi connectivity index (χ2n) is 1.58. The number of aromatic nitrogens is 1. The van der Waals surface area contributed by atoms with Crippen LogP contribution in [0.1, 0.15) is 5.76 Å². The molecule has 5 nitrogen and oxygen atoms in total. The molecule has 2 N–H and O–H groups in total. The number of hydrogen-bond acceptors (Lipinski definition) is 4. The van der Waals surface area contributed by atoms with Crippen LogP contribution < -0.4 is 5.73 Å². The summed E-state index contributed by atoms with van der Waals surface area (Å²) in [6, 6.07) is 0. The third-order valence-corrected chi connectivity index (χ3v) is 0.840. The second kappa shape index (κ2) is 2.86. The topological polar surface area (TPSA) is 78.4 Å². The second-order valence-corrected chi connectivity index (χ2v) is 1.58. The lowest BCUT2D eigenvalue weighted by Gasteiger charge is -1.94. The van der Waals surface area contributed by atoms with Gasteiger partial charge in [0.25, 0.3) is 0 Å². The average molecular weight is 142 g/mol. The fourth-order valence-electron chi connectivity index (χ4n) is 0.456. The molecule has 0 saturated heterocycles. The zero-order chi connectivity index (χ0) is 7.40. The van der Waals surface area contributed by atoms with Crippen molar-refractivity contribution in [3.8, 4) is 0 Å². The molecule has 5 heteroatoms. The Labute approximate surface area is 56.8 Å². The number of amides is 1. The van der Waals surface area contributed by atoms with Gasteiger partial charge in [0.1, 0.15) is 0 Å². The Morgan fingerprint density at radius 3 is 3.20 bits per heavy atom. The van der Waals surface area contributed by atoms with E-state index < -0.39 is 6.09 Å². The van der Waals surface area contributed by atoms with E-state index in [2.05, 4.69) is 15.5 Å². The zero-order valence-corrected chi connectivity index (χ0v) is 5.11. The van der Waals surface area contributed by atoms with Crippen LogP contribution in [0.15, 0.2) is 17.0 Å². The molecule has 0 unspecified atom stereocenters. The molecule has 0 aliphatic rings. The number of hydrogen-bond donors (Lipinski definition) is 1. The quantitative estimate of drug-likeness (QED) is 0.642. The van der Waals surface area contributed by atoms with Gasteiger partial charge in [-0.25, -0.2) is 9.78 Å². The molecular weight excluding hydrogens is 136 g/mol. The summed E-state index contributed by atoms with van der Waals surface area (Å²) in [7, 11) is 0. The smallest absolute Gasteiger partial charge is 0.404 e. The molecule has 0 radical (unpaired) electrons. The molecule has 0 saturated carbocycles. The van der Waals surface area contributed by atoms with Gasteiger partial charge in [0, 0.05) is 0 Å². The van der Waals surface area contributed by atoms with E-state index in [1.165, 1.54) is 12.6 Å². The van der Waals surface area contributed by atoms with Crippen LogP contribution in [0.4, 0.5) is 4.79 Å². The fourth-order valence-corrected chi connectivity index (χ4v) is 0.456. The predicted octanol–water partition coefficient (Wildman–Crippen LogP) is 0.270. The van der Waals surface area contributed by atoms with Crippen LogP contribution in [0.2, 0.25) is 0 Å². The van der Waals surface area contributed by atoms with Gasteiger partial charge in [0.05, 0.1) is 6.20 Å². The van der Waals surface area contributed by atoms with Crippen molar-refractivity contribution in [2.75, 3.05) is 0 Å². The van der Waals surface area contributed by atoms with Crippen LogP contribution in [0, 0.1) is 0 Å². The number of primary amides is 1. The van der Waals surface area contributed by atoms with Gasteiger partial charge in [0.15, 0.2) is 18.8 Å². The van der Waals surface area contributed by atoms with Gasteiger partial charge in [-0.15, -0.1) is 0 Å². The van der Waals surface area contributed by atoms with Crippen molar-refractivity contribution >= 4 is 6.09 Å². The highest BCUT2D eigenvalue weighted by Crippen LogP contribution is 1.97. The first-order valence-corrected chi connectivity index (χ1v) is 2.58. The molecule has 1 rings (SSSR count). The largest absolute Gasteiger partial charge is 0.445 e. The highest BCUT2D eigenvalue weighted by atomic mass is 16.6. The summed E-state index contributed by atoms with van der Waals surface area (Å²) in [5.74, 6) is 0.471. The first kappa shape index (κ1) is 6.60. The van der Waals surface area contributed by atoms with E-state index in [1.54, 1.807) is 0 Å². The van der Waals surface area contributed by atoms with Crippen LogP contribution in [0.25, 0.3) is 0 Å². The van der Waals surface area contributed by atoms with Gasteiger partial charge in [-0.1, -0.05) is 0 Å². The third kappa shape index (κ3) is 1.77. The molecule has 54 valence electrons.